The number of terminal acetylenes is 1. The molecule has 136 valence electrons. The summed E-state index contributed by atoms with van der Waals surface area (Å²) in [5.41, 5.74) is 0.647. The van der Waals surface area contributed by atoms with Gasteiger partial charge in [0.1, 0.15) is 5.60 Å². The number of para-hydroxylation sites is 1. The largest absolute Gasteiger partial charge is 0.389 e. The number of β-amino-alcohol motifs (C(OH)–C–C–N with tert-alkyl or cyclic N) is 1. The van der Waals surface area contributed by atoms with Gasteiger partial charge in [-0.05, 0) is 26.0 Å². The average molecular weight is 375 g/mol. The fourth-order valence-electron chi connectivity index (χ4n) is 2.52. The second-order valence-electron chi connectivity index (χ2n) is 6.24. The van der Waals surface area contributed by atoms with Crippen molar-refractivity contribution in [1.29, 1.82) is 0 Å². The van der Waals surface area contributed by atoms with Crippen LogP contribution in [0.4, 0.5) is 5.69 Å². The molecule has 0 saturated carbocycles. The van der Waals surface area contributed by atoms with Gasteiger partial charge < -0.3 is 14.7 Å². The van der Waals surface area contributed by atoms with Crippen molar-refractivity contribution in [3.05, 3.63) is 30.3 Å². The molecule has 1 heterocycles. The normalized spacial score (nSPS) is 16.5. The first-order valence-electron chi connectivity index (χ1n) is 7.82. The summed E-state index contributed by atoms with van der Waals surface area (Å²) in [5.74, 6) is 2.57. The second kappa shape index (κ2) is 10.8. The van der Waals surface area contributed by atoms with Crippen LogP contribution in [0.25, 0.3) is 0 Å². The molecule has 1 aliphatic heterocycles. The molecular weight excluding hydrogens is 347 g/mol. The van der Waals surface area contributed by atoms with Gasteiger partial charge in [-0.1, -0.05) is 24.1 Å². The Morgan fingerprint density at radius 3 is 2.29 bits per heavy atom. The highest BCUT2D eigenvalue weighted by molar-refractivity contribution is 5.85. The molecule has 1 saturated heterocycles. The Morgan fingerprint density at radius 2 is 1.75 bits per heavy atom. The lowest BCUT2D eigenvalue weighted by Crippen LogP contribution is -2.49. The standard InChI is InChI=1S/C18H26N2O2.2ClH/c1-4-18(2,3)22-15-17(21)14-19-10-12-20(13-11-19)16-8-6-5-7-9-16;;/h1,5-9,17,21H,10-15H2,2-3H3;2*1H. The molecule has 1 unspecified atom stereocenters. The van der Waals surface area contributed by atoms with Crippen LogP contribution in [0, 0.1) is 12.3 Å². The lowest BCUT2D eigenvalue weighted by molar-refractivity contribution is -0.0376. The van der Waals surface area contributed by atoms with E-state index in [9.17, 15) is 5.11 Å². The zero-order chi connectivity index (χ0) is 16.0. The molecule has 0 aromatic heterocycles. The lowest BCUT2D eigenvalue weighted by atomic mass is 10.1. The van der Waals surface area contributed by atoms with E-state index in [1.807, 2.05) is 19.9 Å². The van der Waals surface area contributed by atoms with Crippen molar-refractivity contribution in [3.63, 3.8) is 0 Å². The Bertz CT molecular complexity index is 497. The Kier molecular flexibility index (Phi) is 10.4. The number of anilines is 1. The minimum atomic E-state index is -0.618. The Labute approximate surface area is 158 Å². The quantitative estimate of drug-likeness (QED) is 0.775. The summed E-state index contributed by atoms with van der Waals surface area (Å²) in [6, 6.07) is 10.4. The van der Waals surface area contributed by atoms with Gasteiger partial charge in [0.2, 0.25) is 0 Å². The zero-order valence-corrected chi connectivity index (χ0v) is 16.0. The topological polar surface area (TPSA) is 35.9 Å². The molecule has 0 bridgehead atoms. The lowest BCUT2D eigenvalue weighted by Gasteiger charge is -2.37. The fraction of sp³-hybridized carbons (Fsp3) is 0.556. The van der Waals surface area contributed by atoms with E-state index in [0.717, 1.165) is 26.2 Å². The summed E-state index contributed by atoms with van der Waals surface area (Å²) in [6.45, 7) is 8.42. The van der Waals surface area contributed by atoms with E-state index in [1.54, 1.807) is 0 Å². The zero-order valence-electron chi connectivity index (χ0n) is 14.4. The number of hydrogen-bond donors (Lipinski definition) is 1. The number of rotatable bonds is 6. The molecule has 1 aromatic rings. The van der Waals surface area contributed by atoms with E-state index in [-0.39, 0.29) is 31.4 Å². The first-order chi connectivity index (χ1) is 10.5. The fourth-order valence-corrected chi connectivity index (χ4v) is 2.52. The summed E-state index contributed by atoms with van der Waals surface area (Å²) in [6.07, 6.45) is 4.87. The van der Waals surface area contributed by atoms with Crippen LogP contribution in [0.5, 0.6) is 0 Å². The number of ether oxygens (including phenoxy) is 1. The average Bonchev–Trinajstić information content (AvgIpc) is 2.55. The third-order valence-electron chi connectivity index (χ3n) is 3.95. The third-order valence-corrected chi connectivity index (χ3v) is 3.95. The van der Waals surface area contributed by atoms with Gasteiger partial charge in [0, 0.05) is 38.4 Å². The molecule has 0 radical (unpaired) electrons. The number of hydrogen-bond acceptors (Lipinski definition) is 4. The van der Waals surface area contributed by atoms with Crippen LogP contribution in [0.3, 0.4) is 0 Å². The van der Waals surface area contributed by atoms with Crippen LogP contribution < -0.4 is 4.90 Å². The third kappa shape index (κ3) is 7.29. The van der Waals surface area contributed by atoms with E-state index in [2.05, 4.69) is 40.0 Å². The van der Waals surface area contributed by atoms with Crippen molar-refractivity contribution >= 4 is 30.5 Å². The number of nitrogens with zero attached hydrogens (tertiary/aromatic N) is 2. The van der Waals surface area contributed by atoms with Gasteiger partial charge in [0.25, 0.3) is 0 Å². The molecule has 4 nitrogen and oxygen atoms in total. The van der Waals surface area contributed by atoms with Crippen LogP contribution in [0.1, 0.15) is 13.8 Å². The summed E-state index contributed by atoms with van der Waals surface area (Å²) >= 11 is 0. The van der Waals surface area contributed by atoms with Crippen molar-refractivity contribution in [2.45, 2.75) is 25.6 Å². The molecule has 0 spiro atoms. The van der Waals surface area contributed by atoms with Crippen molar-refractivity contribution in [1.82, 2.24) is 4.90 Å². The molecule has 0 aliphatic carbocycles. The van der Waals surface area contributed by atoms with Crippen LogP contribution >= 0.6 is 24.8 Å². The molecule has 0 amide bonds. The van der Waals surface area contributed by atoms with Crippen LogP contribution in [-0.4, -0.2) is 61.0 Å². The van der Waals surface area contributed by atoms with E-state index in [0.29, 0.717) is 6.54 Å². The predicted molar refractivity (Wildman–Crippen MR) is 104 cm³/mol. The minimum Gasteiger partial charge on any atom is -0.389 e. The van der Waals surface area contributed by atoms with Gasteiger partial charge in [0.05, 0.1) is 12.7 Å². The van der Waals surface area contributed by atoms with Crippen LogP contribution in [0.2, 0.25) is 0 Å². The van der Waals surface area contributed by atoms with Gasteiger partial charge >= 0.3 is 0 Å². The van der Waals surface area contributed by atoms with Gasteiger partial charge in [-0.25, -0.2) is 0 Å². The smallest absolute Gasteiger partial charge is 0.122 e. The maximum absolute atomic E-state index is 10.1. The number of benzene rings is 1. The van der Waals surface area contributed by atoms with Gasteiger partial charge in [-0.2, -0.15) is 0 Å². The molecule has 6 heteroatoms. The van der Waals surface area contributed by atoms with Crippen molar-refractivity contribution < 1.29 is 9.84 Å². The molecule has 1 fully saturated rings. The number of piperazine rings is 1. The Hall–Kier alpha value is -0.960. The highest BCUT2D eigenvalue weighted by Crippen LogP contribution is 2.15. The SMILES string of the molecule is C#CC(C)(C)OCC(O)CN1CCN(c2ccccc2)CC1.Cl.Cl. The Balaban J connectivity index is 0.00000264. The van der Waals surface area contributed by atoms with Crippen LogP contribution in [0.15, 0.2) is 30.3 Å². The summed E-state index contributed by atoms with van der Waals surface area (Å²) in [4.78, 5) is 4.65. The maximum atomic E-state index is 10.1. The number of halogens is 2. The first kappa shape index (κ1) is 23.0. The first-order valence-corrected chi connectivity index (χ1v) is 7.82. The van der Waals surface area contributed by atoms with E-state index in [4.69, 9.17) is 11.2 Å². The second-order valence-corrected chi connectivity index (χ2v) is 6.24. The van der Waals surface area contributed by atoms with E-state index < -0.39 is 11.7 Å². The molecular formula is C18H28Cl2N2O2. The van der Waals surface area contributed by atoms with Crippen molar-refractivity contribution in [2.24, 2.45) is 0 Å². The maximum Gasteiger partial charge on any atom is 0.122 e. The Morgan fingerprint density at radius 1 is 1.17 bits per heavy atom. The van der Waals surface area contributed by atoms with Gasteiger partial charge in [-0.3, -0.25) is 4.90 Å². The molecule has 1 aliphatic rings. The van der Waals surface area contributed by atoms with E-state index >= 15 is 0 Å². The minimum absolute atomic E-state index is 0. The van der Waals surface area contributed by atoms with Gasteiger partial charge in [0.15, 0.2) is 0 Å². The monoisotopic (exact) mass is 374 g/mol. The molecule has 24 heavy (non-hydrogen) atoms. The summed E-state index contributed by atoms with van der Waals surface area (Å²) in [5, 5.41) is 10.1. The highest BCUT2D eigenvalue weighted by atomic mass is 35.5. The number of aliphatic hydroxyl groups excluding tert-OH is 1. The van der Waals surface area contributed by atoms with Crippen molar-refractivity contribution in [3.8, 4) is 12.3 Å². The number of aliphatic hydroxyl groups is 1. The molecule has 1 atom stereocenters. The summed E-state index contributed by atoms with van der Waals surface area (Å²) < 4.78 is 5.55. The van der Waals surface area contributed by atoms with Gasteiger partial charge in [-0.15, -0.1) is 31.2 Å². The van der Waals surface area contributed by atoms with Crippen LogP contribution in [-0.2, 0) is 4.74 Å². The molecule has 1 N–H and O–H groups in total. The highest BCUT2D eigenvalue weighted by Gasteiger charge is 2.21. The van der Waals surface area contributed by atoms with Crippen molar-refractivity contribution in [2.75, 3.05) is 44.2 Å². The van der Waals surface area contributed by atoms with E-state index in [1.165, 1.54) is 5.69 Å². The molecule has 2 rings (SSSR count). The summed E-state index contributed by atoms with van der Waals surface area (Å²) in [7, 11) is 0. The molecule has 1 aromatic carbocycles. The predicted octanol–water partition coefficient (Wildman–Crippen LogP) is 2.44.